The van der Waals surface area contributed by atoms with Gasteiger partial charge in [-0.25, -0.2) is 0 Å². The highest BCUT2D eigenvalue weighted by atomic mass is 35.5. The van der Waals surface area contributed by atoms with Crippen LogP contribution in [-0.2, 0) is 11.3 Å². The molecule has 0 fully saturated rings. The average molecular weight is 367 g/mol. The van der Waals surface area contributed by atoms with Gasteiger partial charge >= 0.3 is 0 Å². The van der Waals surface area contributed by atoms with Gasteiger partial charge in [0, 0.05) is 36.5 Å². The van der Waals surface area contributed by atoms with Gasteiger partial charge in [0.1, 0.15) is 0 Å². The van der Waals surface area contributed by atoms with Crippen LogP contribution in [0.3, 0.4) is 0 Å². The third kappa shape index (κ3) is 5.78. The standard InChI is InChI=1S/C17H23ClN4OS/c1-3-23-10-6-9-19-17(24)20-16-11-13(2)22(21-16)12-14-7-4-5-8-15(14)18/h4-5,7-8,11H,3,6,9-10,12H2,1-2H3,(H2,19,20,21,24). The fourth-order valence-electron chi connectivity index (χ4n) is 2.20. The Labute approximate surface area is 153 Å². The fraction of sp³-hybridized carbons (Fsp3) is 0.412. The van der Waals surface area contributed by atoms with Gasteiger partial charge in [-0.15, -0.1) is 0 Å². The second-order valence-corrected chi connectivity index (χ2v) is 6.17. The zero-order valence-corrected chi connectivity index (χ0v) is 15.6. The van der Waals surface area contributed by atoms with Crippen LogP contribution in [0, 0.1) is 6.92 Å². The predicted octanol–water partition coefficient (Wildman–Crippen LogP) is 3.61. The molecule has 5 nitrogen and oxygen atoms in total. The quantitative estimate of drug-likeness (QED) is 0.552. The molecule has 0 saturated heterocycles. The maximum Gasteiger partial charge on any atom is 0.171 e. The van der Waals surface area contributed by atoms with Crippen molar-refractivity contribution in [2.75, 3.05) is 25.1 Å². The van der Waals surface area contributed by atoms with Crippen LogP contribution in [0.25, 0.3) is 0 Å². The molecule has 0 aliphatic rings. The molecule has 0 spiro atoms. The molecule has 24 heavy (non-hydrogen) atoms. The highest BCUT2D eigenvalue weighted by molar-refractivity contribution is 7.80. The second kappa shape index (κ2) is 9.61. The van der Waals surface area contributed by atoms with Crippen molar-refractivity contribution in [1.82, 2.24) is 15.1 Å². The number of benzene rings is 1. The van der Waals surface area contributed by atoms with E-state index in [1.807, 2.05) is 48.9 Å². The van der Waals surface area contributed by atoms with Crippen molar-refractivity contribution in [2.24, 2.45) is 0 Å². The number of halogens is 1. The van der Waals surface area contributed by atoms with Crippen LogP contribution < -0.4 is 10.6 Å². The van der Waals surface area contributed by atoms with Gasteiger partial charge in [-0.3, -0.25) is 4.68 Å². The Morgan fingerprint density at radius 2 is 2.17 bits per heavy atom. The molecule has 1 aromatic carbocycles. The zero-order chi connectivity index (χ0) is 17.4. The van der Waals surface area contributed by atoms with Crippen molar-refractivity contribution >= 4 is 34.7 Å². The summed E-state index contributed by atoms with van der Waals surface area (Å²) in [6.07, 6.45) is 0.912. The molecule has 0 saturated carbocycles. The topological polar surface area (TPSA) is 51.1 Å². The van der Waals surface area contributed by atoms with Crippen molar-refractivity contribution in [2.45, 2.75) is 26.8 Å². The first kappa shape index (κ1) is 18.7. The van der Waals surface area contributed by atoms with Crippen LogP contribution in [0.15, 0.2) is 30.3 Å². The Bertz CT molecular complexity index is 674. The molecule has 1 heterocycles. The van der Waals surface area contributed by atoms with Crippen molar-refractivity contribution in [1.29, 1.82) is 0 Å². The molecule has 0 bridgehead atoms. The molecule has 0 unspecified atom stereocenters. The zero-order valence-electron chi connectivity index (χ0n) is 14.0. The molecule has 0 aliphatic carbocycles. The van der Waals surface area contributed by atoms with Crippen LogP contribution in [0.2, 0.25) is 5.02 Å². The van der Waals surface area contributed by atoms with Crippen LogP contribution in [0.4, 0.5) is 5.82 Å². The van der Waals surface area contributed by atoms with Crippen LogP contribution in [0.1, 0.15) is 24.6 Å². The Morgan fingerprint density at radius 1 is 1.38 bits per heavy atom. The first-order chi connectivity index (χ1) is 11.6. The van der Waals surface area contributed by atoms with Crippen LogP contribution >= 0.6 is 23.8 Å². The molecule has 7 heteroatoms. The van der Waals surface area contributed by atoms with E-state index in [-0.39, 0.29) is 0 Å². The van der Waals surface area contributed by atoms with E-state index in [0.29, 0.717) is 11.7 Å². The lowest BCUT2D eigenvalue weighted by molar-refractivity contribution is 0.146. The molecule has 2 aromatic rings. The molecular formula is C17H23ClN4OS. The monoisotopic (exact) mass is 366 g/mol. The summed E-state index contributed by atoms with van der Waals surface area (Å²) in [6, 6.07) is 9.74. The lowest BCUT2D eigenvalue weighted by Crippen LogP contribution is -2.30. The van der Waals surface area contributed by atoms with E-state index >= 15 is 0 Å². The maximum atomic E-state index is 6.21. The lowest BCUT2D eigenvalue weighted by Gasteiger charge is -2.08. The second-order valence-electron chi connectivity index (χ2n) is 5.35. The van der Waals surface area contributed by atoms with E-state index in [2.05, 4.69) is 15.7 Å². The van der Waals surface area contributed by atoms with E-state index in [1.165, 1.54) is 0 Å². The summed E-state index contributed by atoms with van der Waals surface area (Å²) in [5.74, 6) is 0.724. The summed E-state index contributed by atoms with van der Waals surface area (Å²) >= 11 is 11.5. The van der Waals surface area contributed by atoms with E-state index in [1.54, 1.807) is 0 Å². The number of aryl methyl sites for hydroxylation is 1. The van der Waals surface area contributed by atoms with Gasteiger partial charge in [0.15, 0.2) is 10.9 Å². The Balaban J connectivity index is 1.87. The minimum Gasteiger partial charge on any atom is -0.382 e. The van der Waals surface area contributed by atoms with Gasteiger partial charge in [0.25, 0.3) is 0 Å². The third-order valence-corrected chi connectivity index (χ3v) is 4.07. The number of aromatic nitrogens is 2. The average Bonchev–Trinajstić information content (AvgIpc) is 2.89. The lowest BCUT2D eigenvalue weighted by atomic mass is 10.2. The molecular weight excluding hydrogens is 344 g/mol. The summed E-state index contributed by atoms with van der Waals surface area (Å²) in [5, 5.41) is 12.1. The van der Waals surface area contributed by atoms with Crippen molar-refractivity contribution < 1.29 is 4.74 Å². The summed E-state index contributed by atoms with van der Waals surface area (Å²) in [4.78, 5) is 0. The van der Waals surface area contributed by atoms with Crippen LogP contribution in [-0.4, -0.2) is 34.7 Å². The summed E-state index contributed by atoms with van der Waals surface area (Å²) in [7, 11) is 0. The molecule has 0 aliphatic heterocycles. The van der Waals surface area contributed by atoms with E-state index in [4.69, 9.17) is 28.6 Å². The fourth-order valence-corrected chi connectivity index (χ4v) is 2.60. The van der Waals surface area contributed by atoms with Crippen molar-refractivity contribution in [3.05, 3.63) is 46.6 Å². The van der Waals surface area contributed by atoms with Gasteiger partial charge in [-0.2, -0.15) is 5.10 Å². The predicted molar refractivity (Wildman–Crippen MR) is 103 cm³/mol. The molecule has 0 amide bonds. The Kier molecular flexibility index (Phi) is 7.49. The Morgan fingerprint density at radius 3 is 2.92 bits per heavy atom. The van der Waals surface area contributed by atoms with Gasteiger partial charge in [0.2, 0.25) is 0 Å². The van der Waals surface area contributed by atoms with E-state index in [0.717, 1.165) is 48.3 Å². The molecule has 130 valence electrons. The number of rotatable bonds is 8. The minimum absolute atomic E-state index is 0.564. The van der Waals surface area contributed by atoms with Crippen molar-refractivity contribution in [3.8, 4) is 0 Å². The van der Waals surface area contributed by atoms with Gasteiger partial charge in [-0.05, 0) is 44.1 Å². The number of hydrogen-bond acceptors (Lipinski definition) is 3. The number of hydrogen-bond donors (Lipinski definition) is 2. The summed E-state index contributed by atoms with van der Waals surface area (Å²) in [5.41, 5.74) is 2.07. The highest BCUT2D eigenvalue weighted by Gasteiger charge is 2.08. The minimum atomic E-state index is 0.564. The summed E-state index contributed by atoms with van der Waals surface area (Å²) < 4.78 is 7.19. The maximum absolute atomic E-state index is 6.21. The number of nitrogens with zero attached hydrogens (tertiary/aromatic N) is 2. The highest BCUT2D eigenvalue weighted by Crippen LogP contribution is 2.18. The van der Waals surface area contributed by atoms with Gasteiger partial charge in [-0.1, -0.05) is 29.8 Å². The first-order valence-corrected chi connectivity index (χ1v) is 8.79. The smallest absolute Gasteiger partial charge is 0.171 e. The summed E-state index contributed by atoms with van der Waals surface area (Å²) in [6.45, 7) is 6.86. The molecule has 0 radical (unpaired) electrons. The molecule has 1 aromatic heterocycles. The van der Waals surface area contributed by atoms with Crippen molar-refractivity contribution in [3.63, 3.8) is 0 Å². The molecule has 2 rings (SSSR count). The first-order valence-electron chi connectivity index (χ1n) is 8.00. The number of ether oxygens (including phenoxy) is 1. The van der Waals surface area contributed by atoms with Crippen LogP contribution in [0.5, 0.6) is 0 Å². The largest absolute Gasteiger partial charge is 0.382 e. The SMILES string of the molecule is CCOCCCNC(=S)Nc1cc(C)n(Cc2ccccc2Cl)n1. The van der Waals surface area contributed by atoms with Gasteiger partial charge in [0.05, 0.1) is 6.54 Å². The normalized spacial score (nSPS) is 10.6. The molecule has 2 N–H and O–H groups in total. The van der Waals surface area contributed by atoms with Gasteiger partial charge < -0.3 is 15.4 Å². The number of anilines is 1. The number of thiocarbonyl (C=S) groups is 1. The third-order valence-electron chi connectivity index (χ3n) is 3.46. The van der Waals surface area contributed by atoms with E-state index < -0.39 is 0 Å². The molecule has 0 atom stereocenters. The Hall–Kier alpha value is -1.63. The number of nitrogens with one attached hydrogen (secondary N) is 2. The van der Waals surface area contributed by atoms with E-state index in [9.17, 15) is 0 Å².